The number of aryl methyl sites for hydroxylation is 1. The molecule has 0 fully saturated rings. The van der Waals surface area contributed by atoms with Crippen molar-refractivity contribution in [2.45, 2.75) is 38.0 Å². The number of aromatic nitrogens is 2. The number of nitro groups is 1. The minimum absolute atomic E-state index is 0.0265. The summed E-state index contributed by atoms with van der Waals surface area (Å²) in [7, 11) is -4.38. The summed E-state index contributed by atoms with van der Waals surface area (Å²) in [6.45, 7) is 7.75. The Bertz CT molecular complexity index is 1210. The lowest BCUT2D eigenvalue weighted by atomic mass is 9.93. The van der Waals surface area contributed by atoms with Crippen molar-refractivity contribution in [3.63, 3.8) is 0 Å². The quantitative estimate of drug-likeness (QED) is 0.314. The third-order valence-electron chi connectivity index (χ3n) is 4.32. The highest BCUT2D eigenvalue weighted by Gasteiger charge is 2.27. The second-order valence-corrected chi connectivity index (χ2v) is 9.73. The van der Waals surface area contributed by atoms with Crippen molar-refractivity contribution in [3.8, 4) is 11.6 Å². The molecule has 1 aromatic heterocycles. The van der Waals surface area contributed by atoms with Crippen LogP contribution in [0.25, 0.3) is 5.69 Å². The molecule has 0 aliphatic rings. The molecule has 0 N–H and O–H groups in total. The van der Waals surface area contributed by atoms with Crippen LogP contribution < -0.4 is 4.18 Å². The Morgan fingerprint density at radius 1 is 1.10 bits per heavy atom. The van der Waals surface area contributed by atoms with E-state index in [0.29, 0.717) is 11.4 Å². The highest BCUT2D eigenvalue weighted by Crippen LogP contribution is 2.31. The van der Waals surface area contributed by atoms with E-state index in [4.69, 9.17) is 15.8 Å². The first kappa shape index (κ1) is 21.8. The molecule has 3 aromatic rings. The van der Waals surface area contributed by atoms with Crippen LogP contribution >= 0.6 is 11.6 Å². The lowest BCUT2D eigenvalue weighted by Gasteiger charge is -2.13. The predicted molar refractivity (Wildman–Crippen MR) is 113 cm³/mol. The fraction of sp³-hybridized carbons (Fsp3) is 0.250. The Labute approximate surface area is 179 Å². The SMILES string of the molecule is Cc1ccc(-n2nc(C(C)(C)C)cc2OS(=O)(=O)c2ccc(Cl)c([N+](=O)[O-])c2)cc1. The van der Waals surface area contributed by atoms with Crippen molar-refractivity contribution in [1.82, 2.24) is 9.78 Å². The molecular weight excluding hydrogens is 430 g/mol. The molecule has 8 nitrogen and oxygen atoms in total. The molecule has 3 rings (SSSR count). The van der Waals surface area contributed by atoms with Crippen molar-refractivity contribution < 1.29 is 17.5 Å². The molecule has 2 aromatic carbocycles. The standard InChI is InChI=1S/C20H20ClN3O5S/c1-13-5-7-14(8-6-13)23-19(12-18(22-23)20(2,3)4)29-30(27,28)15-9-10-16(21)17(11-15)24(25)26/h5-12H,1-4H3. The molecule has 0 bridgehead atoms. The maximum atomic E-state index is 12.9. The Balaban J connectivity index is 2.09. The summed E-state index contributed by atoms with van der Waals surface area (Å²) in [4.78, 5) is 9.97. The Morgan fingerprint density at radius 2 is 1.73 bits per heavy atom. The molecule has 0 radical (unpaired) electrons. The van der Waals surface area contributed by atoms with Crippen LogP contribution in [0.4, 0.5) is 5.69 Å². The zero-order valence-corrected chi connectivity index (χ0v) is 18.4. The molecule has 0 saturated carbocycles. The molecule has 1 heterocycles. The molecule has 0 spiro atoms. The molecule has 0 aliphatic heterocycles. The van der Waals surface area contributed by atoms with Gasteiger partial charge >= 0.3 is 10.1 Å². The van der Waals surface area contributed by atoms with Crippen molar-refractivity contribution >= 4 is 27.4 Å². The van der Waals surface area contributed by atoms with E-state index in [1.807, 2.05) is 39.8 Å². The molecule has 0 unspecified atom stereocenters. The number of nitro benzene ring substituents is 1. The van der Waals surface area contributed by atoms with Gasteiger partial charge in [-0.2, -0.15) is 18.2 Å². The molecule has 30 heavy (non-hydrogen) atoms. The van der Waals surface area contributed by atoms with Crippen LogP contribution in [0, 0.1) is 17.0 Å². The van der Waals surface area contributed by atoms with E-state index in [1.165, 1.54) is 4.68 Å². The number of hydrogen-bond donors (Lipinski definition) is 0. The summed E-state index contributed by atoms with van der Waals surface area (Å²) in [6, 6.07) is 12.0. The highest BCUT2D eigenvalue weighted by molar-refractivity contribution is 7.87. The second kappa shape index (κ2) is 7.73. The summed E-state index contributed by atoms with van der Waals surface area (Å²) < 4.78 is 32.5. The van der Waals surface area contributed by atoms with Crippen molar-refractivity contribution in [1.29, 1.82) is 0 Å². The van der Waals surface area contributed by atoms with Crippen LogP contribution in [0.15, 0.2) is 53.4 Å². The molecule has 158 valence electrons. The first-order chi connectivity index (χ1) is 13.9. The Hall–Kier alpha value is -2.91. The number of halogens is 1. The molecule has 0 aliphatic carbocycles. The number of hydrogen-bond acceptors (Lipinski definition) is 6. The van der Waals surface area contributed by atoms with Gasteiger partial charge in [0.05, 0.1) is 16.3 Å². The first-order valence-corrected chi connectivity index (χ1v) is 10.7. The van der Waals surface area contributed by atoms with E-state index >= 15 is 0 Å². The summed E-state index contributed by atoms with van der Waals surface area (Å²) in [5.74, 6) is -0.0265. The molecule has 0 amide bonds. The van der Waals surface area contributed by atoms with Crippen molar-refractivity contribution in [3.05, 3.63) is 74.9 Å². The zero-order chi connectivity index (χ0) is 22.3. The monoisotopic (exact) mass is 449 g/mol. The van der Waals surface area contributed by atoms with Gasteiger partial charge in [0.1, 0.15) is 9.92 Å². The summed E-state index contributed by atoms with van der Waals surface area (Å²) in [5, 5.41) is 15.5. The number of benzene rings is 2. The van der Waals surface area contributed by atoms with Gasteiger partial charge in [0, 0.05) is 17.5 Å². The molecule has 0 saturated heterocycles. The molecule has 0 atom stereocenters. The topological polar surface area (TPSA) is 104 Å². The lowest BCUT2D eigenvalue weighted by Crippen LogP contribution is -2.13. The van der Waals surface area contributed by atoms with E-state index < -0.39 is 20.7 Å². The van der Waals surface area contributed by atoms with Gasteiger partial charge in [0.2, 0.25) is 5.88 Å². The average molecular weight is 450 g/mol. The normalized spacial score (nSPS) is 12.0. The predicted octanol–water partition coefficient (Wildman–Crippen LogP) is 4.81. The van der Waals surface area contributed by atoms with Crippen LogP contribution in [0.1, 0.15) is 32.0 Å². The van der Waals surface area contributed by atoms with Gasteiger partial charge < -0.3 is 4.18 Å². The Morgan fingerprint density at radius 3 is 2.30 bits per heavy atom. The van der Waals surface area contributed by atoms with E-state index in [9.17, 15) is 18.5 Å². The highest BCUT2D eigenvalue weighted by atomic mass is 35.5. The largest absolute Gasteiger partial charge is 0.358 e. The van der Waals surface area contributed by atoms with E-state index in [2.05, 4.69) is 5.10 Å². The van der Waals surface area contributed by atoms with Crippen molar-refractivity contribution in [2.75, 3.05) is 0 Å². The fourth-order valence-corrected chi connectivity index (χ4v) is 3.73. The third-order valence-corrected chi connectivity index (χ3v) is 5.86. The lowest BCUT2D eigenvalue weighted by molar-refractivity contribution is -0.384. The fourth-order valence-electron chi connectivity index (χ4n) is 2.61. The smallest absolute Gasteiger partial charge is 0.340 e. The van der Waals surface area contributed by atoms with Gasteiger partial charge in [-0.15, -0.1) is 0 Å². The summed E-state index contributed by atoms with van der Waals surface area (Å²) in [5.41, 5.74) is 1.38. The van der Waals surface area contributed by atoms with Gasteiger partial charge in [0.25, 0.3) is 5.69 Å². The minimum atomic E-state index is -4.38. The average Bonchev–Trinajstić information content (AvgIpc) is 3.05. The Kier molecular flexibility index (Phi) is 5.62. The van der Waals surface area contributed by atoms with E-state index in [1.54, 1.807) is 18.2 Å². The number of nitrogens with zero attached hydrogens (tertiary/aromatic N) is 3. The van der Waals surface area contributed by atoms with Crippen LogP contribution in [0.3, 0.4) is 0 Å². The van der Waals surface area contributed by atoms with E-state index in [0.717, 1.165) is 23.8 Å². The van der Waals surface area contributed by atoms with Gasteiger partial charge in [0.15, 0.2) is 0 Å². The molecular formula is C20H20ClN3O5S. The van der Waals surface area contributed by atoms with E-state index in [-0.39, 0.29) is 21.2 Å². The molecule has 10 heteroatoms. The zero-order valence-electron chi connectivity index (χ0n) is 16.8. The number of rotatable bonds is 5. The van der Waals surface area contributed by atoms with Crippen LogP contribution in [0.2, 0.25) is 5.02 Å². The van der Waals surface area contributed by atoms with Crippen LogP contribution in [-0.2, 0) is 15.5 Å². The van der Waals surface area contributed by atoms with Gasteiger partial charge in [-0.1, -0.05) is 50.1 Å². The van der Waals surface area contributed by atoms with Crippen LogP contribution in [0.5, 0.6) is 5.88 Å². The van der Waals surface area contributed by atoms with Gasteiger partial charge in [-0.25, -0.2) is 0 Å². The van der Waals surface area contributed by atoms with Gasteiger partial charge in [-0.3, -0.25) is 10.1 Å². The summed E-state index contributed by atoms with van der Waals surface area (Å²) in [6.07, 6.45) is 0. The van der Waals surface area contributed by atoms with Crippen LogP contribution in [-0.4, -0.2) is 23.1 Å². The minimum Gasteiger partial charge on any atom is -0.358 e. The maximum absolute atomic E-state index is 12.9. The maximum Gasteiger partial charge on any atom is 0.340 e. The second-order valence-electron chi connectivity index (χ2n) is 7.77. The van der Waals surface area contributed by atoms with Crippen molar-refractivity contribution in [2.24, 2.45) is 0 Å². The third kappa shape index (κ3) is 4.47. The first-order valence-electron chi connectivity index (χ1n) is 8.94. The van der Waals surface area contributed by atoms with Gasteiger partial charge in [-0.05, 0) is 31.2 Å². The summed E-state index contributed by atoms with van der Waals surface area (Å²) >= 11 is 5.78.